The molecule has 0 aromatic carbocycles. The number of anilines is 1. The summed E-state index contributed by atoms with van der Waals surface area (Å²) in [5, 5.41) is 22.0. The first kappa shape index (κ1) is 15.6. The van der Waals surface area contributed by atoms with E-state index in [2.05, 4.69) is 20.4 Å². The number of aromatic nitrogens is 4. The lowest BCUT2D eigenvalue weighted by Crippen LogP contribution is -2.30. The second-order valence-electron chi connectivity index (χ2n) is 5.74. The van der Waals surface area contributed by atoms with E-state index in [1.807, 2.05) is 36.7 Å². The van der Waals surface area contributed by atoms with Gasteiger partial charge in [-0.1, -0.05) is 0 Å². The minimum atomic E-state index is -0.962. The fourth-order valence-corrected chi connectivity index (χ4v) is 3.12. The number of hydrogen-bond acceptors (Lipinski definition) is 6. The van der Waals surface area contributed by atoms with Gasteiger partial charge in [0.1, 0.15) is 11.4 Å². The normalized spacial score (nSPS) is 13.7. The van der Waals surface area contributed by atoms with Crippen LogP contribution in [0.1, 0.15) is 23.9 Å². The van der Waals surface area contributed by atoms with Crippen LogP contribution in [-0.2, 0) is 5.60 Å². The predicted molar refractivity (Wildman–Crippen MR) is 91.0 cm³/mol. The molecule has 3 rings (SSSR count). The van der Waals surface area contributed by atoms with Gasteiger partial charge < -0.3 is 10.4 Å². The maximum Gasteiger partial charge on any atom is 0.174 e. The zero-order valence-corrected chi connectivity index (χ0v) is 14.1. The van der Waals surface area contributed by atoms with E-state index in [9.17, 15) is 5.11 Å². The van der Waals surface area contributed by atoms with Crippen LogP contribution in [0.4, 0.5) is 5.82 Å². The molecule has 2 N–H and O–H groups in total. The molecular weight excluding hydrogens is 310 g/mol. The standard InChI is InChI=1S/C16H19N5OS/c1-11-6-12(2)21(20-11)15-8-17-7-14(19-15)18-10-16(3,22)13-4-5-23-9-13/h4-9,22H,10H2,1-3H3,(H,18,19). The van der Waals surface area contributed by atoms with E-state index in [1.165, 1.54) is 0 Å². The first-order chi connectivity index (χ1) is 11.0. The Bertz CT molecular complexity index is 795. The van der Waals surface area contributed by atoms with Crippen LogP contribution < -0.4 is 5.32 Å². The Balaban J connectivity index is 1.77. The van der Waals surface area contributed by atoms with Gasteiger partial charge in [-0.25, -0.2) is 9.67 Å². The van der Waals surface area contributed by atoms with Gasteiger partial charge in [-0.05, 0) is 49.2 Å². The van der Waals surface area contributed by atoms with Gasteiger partial charge in [0.05, 0.1) is 18.1 Å². The van der Waals surface area contributed by atoms with Crippen molar-refractivity contribution in [2.45, 2.75) is 26.4 Å². The van der Waals surface area contributed by atoms with Crippen LogP contribution in [0, 0.1) is 13.8 Å². The molecule has 0 saturated heterocycles. The molecule has 3 aromatic rings. The monoisotopic (exact) mass is 329 g/mol. The lowest BCUT2D eigenvalue weighted by Gasteiger charge is -2.23. The van der Waals surface area contributed by atoms with Crippen molar-refractivity contribution in [2.75, 3.05) is 11.9 Å². The quantitative estimate of drug-likeness (QED) is 0.752. The van der Waals surface area contributed by atoms with Gasteiger partial charge in [-0.15, -0.1) is 0 Å². The predicted octanol–water partition coefficient (Wildman–Crippen LogP) is 2.66. The summed E-state index contributed by atoms with van der Waals surface area (Å²) in [6, 6.07) is 3.91. The van der Waals surface area contributed by atoms with E-state index in [1.54, 1.807) is 35.3 Å². The van der Waals surface area contributed by atoms with Crippen molar-refractivity contribution in [1.29, 1.82) is 0 Å². The number of aliphatic hydroxyl groups is 1. The molecule has 0 aliphatic rings. The Morgan fingerprint density at radius 3 is 2.83 bits per heavy atom. The fraction of sp³-hybridized carbons (Fsp3) is 0.312. The summed E-state index contributed by atoms with van der Waals surface area (Å²) in [6.07, 6.45) is 3.31. The molecule has 120 valence electrons. The SMILES string of the molecule is Cc1cc(C)n(-c2cncc(NCC(C)(O)c3ccsc3)n2)n1. The van der Waals surface area contributed by atoms with Crippen molar-refractivity contribution in [3.05, 3.63) is 52.2 Å². The molecule has 1 unspecified atom stereocenters. The van der Waals surface area contributed by atoms with Crippen molar-refractivity contribution in [2.24, 2.45) is 0 Å². The Morgan fingerprint density at radius 1 is 1.35 bits per heavy atom. The van der Waals surface area contributed by atoms with Crippen molar-refractivity contribution >= 4 is 17.2 Å². The van der Waals surface area contributed by atoms with Gasteiger partial charge in [0.15, 0.2) is 5.82 Å². The van der Waals surface area contributed by atoms with Crippen LogP contribution in [0.25, 0.3) is 5.82 Å². The maximum atomic E-state index is 10.5. The van der Waals surface area contributed by atoms with E-state index in [-0.39, 0.29) is 0 Å². The topological polar surface area (TPSA) is 75.9 Å². The number of thiophene rings is 1. The molecule has 0 fully saturated rings. The number of hydrogen-bond donors (Lipinski definition) is 2. The average Bonchev–Trinajstić information content (AvgIpc) is 3.16. The summed E-state index contributed by atoms with van der Waals surface area (Å²) >= 11 is 1.56. The lowest BCUT2D eigenvalue weighted by molar-refractivity contribution is 0.0719. The summed E-state index contributed by atoms with van der Waals surface area (Å²) in [6.45, 7) is 6.04. The first-order valence-corrected chi connectivity index (χ1v) is 8.24. The molecule has 7 heteroatoms. The highest BCUT2D eigenvalue weighted by atomic mass is 32.1. The Morgan fingerprint density at radius 2 is 2.17 bits per heavy atom. The highest BCUT2D eigenvalue weighted by Gasteiger charge is 2.23. The third kappa shape index (κ3) is 3.40. The number of nitrogens with one attached hydrogen (secondary N) is 1. The molecule has 1 atom stereocenters. The Hall–Kier alpha value is -2.25. The van der Waals surface area contributed by atoms with E-state index in [0.29, 0.717) is 18.2 Å². The third-order valence-electron chi connectivity index (χ3n) is 3.61. The van der Waals surface area contributed by atoms with Crippen molar-refractivity contribution < 1.29 is 5.11 Å². The van der Waals surface area contributed by atoms with Crippen LogP contribution in [0.3, 0.4) is 0 Å². The lowest BCUT2D eigenvalue weighted by atomic mass is 9.99. The van der Waals surface area contributed by atoms with E-state index >= 15 is 0 Å². The minimum absolute atomic E-state index is 0.346. The average molecular weight is 329 g/mol. The van der Waals surface area contributed by atoms with Crippen LogP contribution in [0.15, 0.2) is 35.3 Å². The van der Waals surface area contributed by atoms with E-state index < -0.39 is 5.60 Å². The second kappa shape index (κ2) is 6.10. The van der Waals surface area contributed by atoms with Crippen LogP contribution in [-0.4, -0.2) is 31.4 Å². The molecule has 3 aromatic heterocycles. The summed E-state index contributed by atoms with van der Waals surface area (Å²) in [4.78, 5) is 8.73. The zero-order chi connectivity index (χ0) is 16.4. The van der Waals surface area contributed by atoms with Gasteiger partial charge >= 0.3 is 0 Å². The van der Waals surface area contributed by atoms with Gasteiger partial charge in [-0.2, -0.15) is 16.4 Å². The fourth-order valence-electron chi connectivity index (χ4n) is 2.34. The maximum absolute atomic E-state index is 10.5. The van der Waals surface area contributed by atoms with E-state index in [4.69, 9.17) is 0 Å². The number of nitrogens with zero attached hydrogens (tertiary/aromatic N) is 4. The minimum Gasteiger partial charge on any atom is -0.384 e. The largest absolute Gasteiger partial charge is 0.384 e. The summed E-state index contributed by atoms with van der Waals surface area (Å²) in [5.41, 5.74) is 1.86. The molecule has 0 spiro atoms. The van der Waals surface area contributed by atoms with Crippen molar-refractivity contribution in [3.8, 4) is 5.82 Å². The summed E-state index contributed by atoms with van der Waals surface area (Å²) in [7, 11) is 0. The highest BCUT2D eigenvalue weighted by molar-refractivity contribution is 7.08. The smallest absolute Gasteiger partial charge is 0.174 e. The van der Waals surface area contributed by atoms with Crippen molar-refractivity contribution in [1.82, 2.24) is 19.7 Å². The molecule has 0 radical (unpaired) electrons. The van der Waals surface area contributed by atoms with E-state index in [0.717, 1.165) is 17.0 Å². The van der Waals surface area contributed by atoms with Crippen molar-refractivity contribution in [3.63, 3.8) is 0 Å². The molecule has 23 heavy (non-hydrogen) atoms. The van der Waals surface area contributed by atoms with Crippen LogP contribution in [0.5, 0.6) is 0 Å². The van der Waals surface area contributed by atoms with Crippen LogP contribution in [0.2, 0.25) is 0 Å². The first-order valence-electron chi connectivity index (χ1n) is 7.30. The second-order valence-corrected chi connectivity index (χ2v) is 6.52. The van der Waals surface area contributed by atoms with Crippen LogP contribution >= 0.6 is 11.3 Å². The molecule has 0 bridgehead atoms. The van der Waals surface area contributed by atoms with Gasteiger partial charge in [-0.3, -0.25) is 4.98 Å². The summed E-state index contributed by atoms with van der Waals surface area (Å²) < 4.78 is 1.75. The number of rotatable bonds is 5. The van der Waals surface area contributed by atoms with Gasteiger partial charge in [0, 0.05) is 12.2 Å². The number of aryl methyl sites for hydroxylation is 2. The molecule has 0 amide bonds. The van der Waals surface area contributed by atoms with Gasteiger partial charge in [0.25, 0.3) is 0 Å². The molecule has 3 heterocycles. The third-order valence-corrected chi connectivity index (χ3v) is 4.29. The highest BCUT2D eigenvalue weighted by Crippen LogP contribution is 2.23. The summed E-state index contributed by atoms with van der Waals surface area (Å²) in [5.74, 6) is 1.25. The van der Waals surface area contributed by atoms with Gasteiger partial charge in [0.2, 0.25) is 0 Å². The molecule has 0 saturated carbocycles. The molecule has 0 aliphatic heterocycles. The molecule has 0 aliphatic carbocycles. The molecule has 6 nitrogen and oxygen atoms in total. The zero-order valence-electron chi connectivity index (χ0n) is 13.3. The molecular formula is C16H19N5OS. The Kier molecular flexibility index (Phi) is 4.14. The Labute approximate surface area is 138 Å².